The van der Waals surface area contributed by atoms with E-state index in [-0.39, 0.29) is 5.88 Å². The van der Waals surface area contributed by atoms with Gasteiger partial charge in [0.05, 0.1) is 0 Å². The maximum atomic E-state index is 5.57. The van der Waals surface area contributed by atoms with Crippen LogP contribution in [0.4, 0.5) is 0 Å². The second kappa shape index (κ2) is 3.46. The molecule has 2 aromatic rings. The summed E-state index contributed by atoms with van der Waals surface area (Å²) in [5.74, 6) is 1.20. The van der Waals surface area contributed by atoms with E-state index in [4.69, 9.17) is 16.0 Å². The second-order valence-electron chi connectivity index (χ2n) is 3.05. The van der Waals surface area contributed by atoms with Gasteiger partial charge in [0.15, 0.2) is 0 Å². The highest BCUT2D eigenvalue weighted by Gasteiger charge is 2.11. The smallest absolute Gasteiger partial charge is 0.264 e. The fourth-order valence-electron chi connectivity index (χ4n) is 1.24. The van der Waals surface area contributed by atoms with Gasteiger partial charge in [-0.25, -0.2) is 0 Å². The van der Waals surface area contributed by atoms with Gasteiger partial charge in [0, 0.05) is 12.7 Å². The monoisotopic (exact) mass is 211 g/mol. The Hall–Kier alpha value is -1.29. The zero-order valence-corrected chi connectivity index (χ0v) is 8.75. The minimum atomic E-state index is 0.246. The summed E-state index contributed by atoms with van der Waals surface area (Å²) in [5.41, 5.74) is 2.05. The Kier molecular flexibility index (Phi) is 2.29. The van der Waals surface area contributed by atoms with Crippen LogP contribution in [0.1, 0.15) is 11.6 Å². The van der Waals surface area contributed by atoms with Gasteiger partial charge < -0.3 is 8.98 Å². The molecule has 0 aliphatic heterocycles. The van der Waals surface area contributed by atoms with E-state index in [1.807, 2.05) is 30.7 Å². The van der Waals surface area contributed by atoms with Crippen molar-refractivity contribution in [3.8, 4) is 11.6 Å². The first-order valence-corrected chi connectivity index (χ1v) is 4.77. The van der Waals surface area contributed by atoms with Crippen LogP contribution in [0, 0.1) is 6.92 Å². The molecule has 74 valence electrons. The third-order valence-corrected chi connectivity index (χ3v) is 2.40. The van der Waals surface area contributed by atoms with Gasteiger partial charge in [0.1, 0.15) is 11.6 Å². The molecule has 5 heteroatoms. The summed E-state index contributed by atoms with van der Waals surface area (Å²) < 4.78 is 7.33. The van der Waals surface area contributed by atoms with Crippen molar-refractivity contribution >= 4 is 11.6 Å². The lowest BCUT2D eigenvalue weighted by Gasteiger charge is -1.99. The maximum absolute atomic E-state index is 5.57. The number of hydrogen-bond donors (Lipinski definition) is 0. The average molecular weight is 212 g/mol. The predicted octanol–water partition coefficient (Wildman–Crippen LogP) is 2.12. The van der Waals surface area contributed by atoms with Gasteiger partial charge in [-0.1, -0.05) is 0 Å². The molecule has 0 saturated heterocycles. The van der Waals surface area contributed by atoms with E-state index in [9.17, 15) is 0 Å². The van der Waals surface area contributed by atoms with Crippen LogP contribution in [0.25, 0.3) is 11.6 Å². The molecule has 0 amide bonds. The van der Waals surface area contributed by atoms with Crippen LogP contribution < -0.4 is 0 Å². The van der Waals surface area contributed by atoms with Gasteiger partial charge in [-0.05, 0) is 19.1 Å². The highest BCUT2D eigenvalue weighted by Crippen LogP contribution is 2.20. The normalized spacial score (nSPS) is 10.8. The molecule has 0 bridgehead atoms. The fourth-order valence-corrected chi connectivity index (χ4v) is 1.35. The van der Waals surface area contributed by atoms with Crippen LogP contribution in [0.5, 0.6) is 0 Å². The van der Waals surface area contributed by atoms with E-state index in [0.717, 1.165) is 11.4 Å². The number of alkyl halides is 1. The molecule has 0 fully saturated rings. The van der Waals surface area contributed by atoms with Gasteiger partial charge >= 0.3 is 0 Å². The Balaban J connectivity index is 2.44. The van der Waals surface area contributed by atoms with Crippen molar-refractivity contribution in [1.29, 1.82) is 0 Å². The molecule has 4 nitrogen and oxygen atoms in total. The molecule has 0 N–H and O–H groups in total. The van der Waals surface area contributed by atoms with E-state index in [1.54, 1.807) is 0 Å². The minimum Gasteiger partial charge on any atom is -0.418 e. The number of aryl methyl sites for hydroxylation is 1. The Morgan fingerprint density at radius 1 is 1.43 bits per heavy atom. The number of halogens is 1. The minimum absolute atomic E-state index is 0.246. The molecule has 0 aliphatic rings. The summed E-state index contributed by atoms with van der Waals surface area (Å²) in [6, 6.07) is 3.95. The summed E-state index contributed by atoms with van der Waals surface area (Å²) in [7, 11) is 1.95. The third-order valence-electron chi connectivity index (χ3n) is 2.17. The molecule has 2 heterocycles. The molecule has 0 radical (unpaired) electrons. The van der Waals surface area contributed by atoms with E-state index >= 15 is 0 Å². The van der Waals surface area contributed by atoms with Crippen molar-refractivity contribution in [3.63, 3.8) is 0 Å². The molecule has 0 atom stereocenters. The summed E-state index contributed by atoms with van der Waals surface area (Å²) in [6.45, 7) is 2.02. The van der Waals surface area contributed by atoms with E-state index in [1.165, 1.54) is 0 Å². The van der Waals surface area contributed by atoms with Crippen LogP contribution in [-0.4, -0.2) is 14.8 Å². The van der Waals surface area contributed by atoms with Crippen molar-refractivity contribution in [2.75, 3.05) is 0 Å². The average Bonchev–Trinajstić information content (AvgIpc) is 2.75. The highest BCUT2D eigenvalue weighted by molar-refractivity contribution is 6.16. The molecular weight excluding hydrogens is 202 g/mol. The largest absolute Gasteiger partial charge is 0.418 e. The second-order valence-corrected chi connectivity index (χ2v) is 3.32. The van der Waals surface area contributed by atoms with Crippen LogP contribution in [0.3, 0.4) is 0 Å². The van der Waals surface area contributed by atoms with Crippen LogP contribution in [0.2, 0.25) is 0 Å². The Morgan fingerprint density at radius 2 is 2.21 bits per heavy atom. The predicted molar refractivity (Wildman–Crippen MR) is 53.0 cm³/mol. The Bertz CT molecular complexity index is 447. The topological polar surface area (TPSA) is 43.9 Å². The molecule has 2 rings (SSSR count). The SMILES string of the molecule is Cc1ccc(-c2nnc(CCl)o2)n1C. The lowest BCUT2D eigenvalue weighted by Crippen LogP contribution is -1.93. The summed E-state index contributed by atoms with van der Waals surface area (Å²) in [4.78, 5) is 0. The van der Waals surface area contributed by atoms with Crippen LogP contribution in [-0.2, 0) is 12.9 Å². The van der Waals surface area contributed by atoms with Crippen LogP contribution >= 0.6 is 11.6 Å². The molecular formula is C9H10ClN3O. The first-order chi connectivity index (χ1) is 6.72. The van der Waals surface area contributed by atoms with Crippen molar-refractivity contribution in [2.45, 2.75) is 12.8 Å². The summed E-state index contributed by atoms with van der Waals surface area (Å²) >= 11 is 5.57. The molecule has 0 aliphatic carbocycles. The molecule has 14 heavy (non-hydrogen) atoms. The summed E-state index contributed by atoms with van der Waals surface area (Å²) in [5, 5.41) is 7.71. The van der Waals surface area contributed by atoms with Gasteiger partial charge in [-0.2, -0.15) is 0 Å². The fraction of sp³-hybridized carbons (Fsp3) is 0.333. The van der Waals surface area contributed by atoms with Gasteiger partial charge in [-0.3, -0.25) is 0 Å². The Morgan fingerprint density at radius 3 is 2.71 bits per heavy atom. The zero-order valence-electron chi connectivity index (χ0n) is 7.99. The third kappa shape index (κ3) is 1.42. The molecule has 0 unspecified atom stereocenters. The van der Waals surface area contributed by atoms with E-state index < -0.39 is 0 Å². The first kappa shape index (κ1) is 9.27. The summed E-state index contributed by atoms with van der Waals surface area (Å²) in [6.07, 6.45) is 0. The number of nitrogens with zero attached hydrogens (tertiary/aromatic N) is 3. The van der Waals surface area contributed by atoms with Crippen molar-refractivity contribution in [3.05, 3.63) is 23.7 Å². The molecule has 2 aromatic heterocycles. The number of aromatic nitrogens is 3. The first-order valence-electron chi connectivity index (χ1n) is 4.23. The van der Waals surface area contributed by atoms with Crippen molar-refractivity contribution < 1.29 is 4.42 Å². The van der Waals surface area contributed by atoms with Crippen molar-refractivity contribution in [2.24, 2.45) is 7.05 Å². The standard InChI is InChI=1S/C9H10ClN3O/c1-6-3-4-7(13(6)2)9-12-11-8(5-10)14-9/h3-4H,5H2,1-2H3. The van der Waals surface area contributed by atoms with Gasteiger partial charge in [0.25, 0.3) is 5.89 Å². The number of hydrogen-bond acceptors (Lipinski definition) is 3. The molecule has 0 aromatic carbocycles. The lowest BCUT2D eigenvalue weighted by molar-refractivity contribution is 0.523. The lowest BCUT2D eigenvalue weighted by atomic mass is 10.4. The van der Waals surface area contributed by atoms with E-state index in [2.05, 4.69) is 10.2 Å². The quantitative estimate of drug-likeness (QED) is 0.715. The van der Waals surface area contributed by atoms with Gasteiger partial charge in [-0.15, -0.1) is 21.8 Å². The molecule has 0 spiro atoms. The van der Waals surface area contributed by atoms with E-state index in [0.29, 0.717) is 11.8 Å². The van der Waals surface area contributed by atoms with Crippen molar-refractivity contribution in [1.82, 2.24) is 14.8 Å². The number of rotatable bonds is 2. The Labute approximate surface area is 86.5 Å². The molecule has 0 saturated carbocycles. The van der Waals surface area contributed by atoms with Gasteiger partial charge in [0.2, 0.25) is 5.89 Å². The zero-order chi connectivity index (χ0) is 10.1. The maximum Gasteiger partial charge on any atom is 0.264 e. The van der Waals surface area contributed by atoms with Crippen LogP contribution in [0.15, 0.2) is 16.5 Å². The highest BCUT2D eigenvalue weighted by atomic mass is 35.5.